The Hall–Kier alpha value is -0.660. The van der Waals surface area contributed by atoms with Gasteiger partial charge in [-0.1, -0.05) is 13.8 Å². The van der Waals surface area contributed by atoms with E-state index in [9.17, 15) is 18.3 Å². The first kappa shape index (κ1) is 14.4. The van der Waals surface area contributed by atoms with Gasteiger partial charge in [-0.25, -0.2) is 4.98 Å². The Morgan fingerprint density at radius 3 is 2.41 bits per heavy atom. The number of ether oxygens (including phenoxy) is 1. The first-order chi connectivity index (χ1) is 7.71. The molecule has 0 aliphatic rings. The van der Waals surface area contributed by atoms with Gasteiger partial charge in [-0.05, 0) is 5.92 Å². The molecule has 17 heavy (non-hydrogen) atoms. The standard InChI is InChI=1S/C10H14F3NO2S/c1-6(2)9(15,5-16-3)7-4-14-8(17-7)10(11,12)13/h4,6,15H,5H2,1-3H3. The molecule has 0 spiro atoms. The maximum Gasteiger partial charge on any atom is 0.443 e. The lowest BCUT2D eigenvalue weighted by atomic mass is 9.90. The summed E-state index contributed by atoms with van der Waals surface area (Å²) < 4.78 is 42.1. The third kappa shape index (κ3) is 2.97. The number of nitrogens with zero attached hydrogens (tertiary/aromatic N) is 1. The van der Waals surface area contributed by atoms with E-state index in [1.807, 2.05) is 0 Å². The number of thiazole rings is 1. The number of hydrogen-bond donors (Lipinski definition) is 1. The van der Waals surface area contributed by atoms with E-state index in [4.69, 9.17) is 4.74 Å². The van der Waals surface area contributed by atoms with Crippen LogP contribution in [0.5, 0.6) is 0 Å². The third-order valence-electron chi connectivity index (χ3n) is 2.49. The molecule has 0 bridgehead atoms. The fourth-order valence-corrected chi connectivity index (χ4v) is 2.35. The zero-order valence-corrected chi connectivity index (χ0v) is 10.5. The number of halogens is 3. The topological polar surface area (TPSA) is 42.4 Å². The quantitative estimate of drug-likeness (QED) is 0.913. The Bertz CT molecular complexity index is 378. The average Bonchev–Trinajstić information content (AvgIpc) is 2.65. The highest BCUT2D eigenvalue weighted by atomic mass is 32.1. The predicted molar refractivity (Wildman–Crippen MR) is 57.7 cm³/mol. The minimum Gasteiger partial charge on any atom is -0.382 e. The summed E-state index contributed by atoms with van der Waals surface area (Å²) in [5.41, 5.74) is -1.43. The van der Waals surface area contributed by atoms with Gasteiger partial charge in [-0.2, -0.15) is 13.2 Å². The van der Waals surface area contributed by atoms with Crippen molar-refractivity contribution < 1.29 is 23.0 Å². The normalized spacial score (nSPS) is 16.2. The van der Waals surface area contributed by atoms with E-state index >= 15 is 0 Å². The molecule has 1 heterocycles. The second kappa shape index (κ2) is 4.91. The molecule has 0 aromatic carbocycles. The zero-order chi connectivity index (χ0) is 13.3. The molecule has 1 aromatic rings. The molecule has 0 saturated carbocycles. The van der Waals surface area contributed by atoms with Crippen molar-refractivity contribution in [1.82, 2.24) is 4.98 Å². The van der Waals surface area contributed by atoms with Crippen molar-refractivity contribution in [2.45, 2.75) is 25.6 Å². The molecule has 98 valence electrons. The zero-order valence-electron chi connectivity index (χ0n) is 9.71. The summed E-state index contributed by atoms with van der Waals surface area (Å²) in [6.07, 6.45) is -3.42. The molecule has 3 nitrogen and oxygen atoms in total. The number of hydrogen-bond acceptors (Lipinski definition) is 4. The van der Waals surface area contributed by atoms with E-state index in [-0.39, 0.29) is 17.4 Å². The molecule has 0 saturated heterocycles. The van der Waals surface area contributed by atoms with Crippen molar-refractivity contribution in [3.63, 3.8) is 0 Å². The van der Waals surface area contributed by atoms with Gasteiger partial charge in [0.1, 0.15) is 5.60 Å². The smallest absolute Gasteiger partial charge is 0.382 e. The van der Waals surface area contributed by atoms with Crippen molar-refractivity contribution in [3.8, 4) is 0 Å². The lowest BCUT2D eigenvalue weighted by Crippen LogP contribution is -2.36. The summed E-state index contributed by atoms with van der Waals surface area (Å²) in [4.78, 5) is 3.46. The summed E-state index contributed by atoms with van der Waals surface area (Å²) >= 11 is 0.449. The number of rotatable bonds is 4. The van der Waals surface area contributed by atoms with Crippen LogP contribution in [0.3, 0.4) is 0 Å². The molecule has 0 amide bonds. The van der Waals surface area contributed by atoms with Gasteiger partial charge in [0.25, 0.3) is 0 Å². The van der Waals surface area contributed by atoms with E-state index in [0.717, 1.165) is 6.20 Å². The Morgan fingerprint density at radius 2 is 2.06 bits per heavy atom. The van der Waals surface area contributed by atoms with E-state index in [1.165, 1.54) is 7.11 Å². The molecule has 0 fully saturated rings. The van der Waals surface area contributed by atoms with E-state index in [2.05, 4.69) is 4.98 Å². The summed E-state index contributed by atoms with van der Waals surface area (Å²) in [5.74, 6) is -0.274. The van der Waals surface area contributed by atoms with Crippen molar-refractivity contribution in [2.24, 2.45) is 5.92 Å². The minimum absolute atomic E-state index is 0.0653. The van der Waals surface area contributed by atoms with Crippen molar-refractivity contribution in [2.75, 3.05) is 13.7 Å². The van der Waals surface area contributed by atoms with Gasteiger partial charge in [0.05, 0.1) is 11.5 Å². The van der Waals surface area contributed by atoms with Crippen molar-refractivity contribution in [1.29, 1.82) is 0 Å². The molecule has 1 atom stereocenters. The van der Waals surface area contributed by atoms with Crippen LogP contribution in [-0.4, -0.2) is 23.8 Å². The van der Waals surface area contributed by atoms with Crippen LogP contribution in [0.1, 0.15) is 23.7 Å². The highest BCUT2D eigenvalue weighted by Gasteiger charge is 2.40. The molecule has 0 radical (unpaired) electrons. The predicted octanol–water partition coefficient (Wildman–Crippen LogP) is 2.65. The van der Waals surface area contributed by atoms with E-state index in [1.54, 1.807) is 13.8 Å². The fourth-order valence-electron chi connectivity index (χ4n) is 1.35. The molecule has 1 aromatic heterocycles. The maximum absolute atomic E-state index is 12.4. The van der Waals surface area contributed by atoms with Gasteiger partial charge in [-0.3, -0.25) is 0 Å². The highest BCUT2D eigenvalue weighted by molar-refractivity contribution is 7.11. The first-order valence-electron chi connectivity index (χ1n) is 4.96. The summed E-state index contributed by atoms with van der Waals surface area (Å²) in [6, 6.07) is 0. The molecular weight excluding hydrogens is 255 g/mol. The van der Waals surface area contributed by atoms with Crippen LogP contribution < -0.4 is 0 Å². The summed E-state index contributed by atoms with van der Waals surface area (Å²) in [6.45, 7) is 3.36. The molecule has 0 aliphatic carbocycles. The highest BCUT2D eigenvalue weighted by Crippen LogP contribution is 2.38. The monoisotopic (exact) mass is 269 g/mol. The number of methoxy groups -OCH3 is 1. The van der Waals surface area contributed by atoms with E-state index in [0.29, 0.717) is 11.3 Å². The maximum atomic E-state index is 12.4. The Labute approximate surface area is 101 Å². The van der Waals surface area contributed by atoms with Gasteiger partial charge >= 0.3 is 6.18 Å². The molecule has 0 aliphatic heterocycles. The number of aromatic nitrogens is 1. The van der Waals surface area contributed by atoms with Gasteiger partial charge in [0.15, 0.2) is 5.01 Å². The van der Waals surface area contributed by atoms with Gasteiger partial charge in [0, 0.05) is 13.3 Å². The van der Waals surface area contributed by atoms with Crippen LogP contribution >= 0.6 is 11.3 Å². The second-order valence-electron chi connectivity index (χ2n) is 4.04. The van der Waals surface area contributed by atoms with Crippen LogP contribution in [-0.2, 0) is 16.5 Å². The van der Waals surface area contributed by atoms with Gasteiger partial charge in [-0.15, -0.1) is 11.3 Å². The fraction of sp³-hybridized carbons (Fsp3) is 0.700. The molecule has 1 N–H and O–H groups in total. The molecular formula is C10H14F3NO2S. The molecule has 7 heteroatoms. The van der Waals surface area contributed by atoms with Crippen LogP contribution in [0.25, 0.3) is 0 Å². The summed E-state index contributed by atoms with van der Waals surface area (Å²) in [5, 5.41) is 9.36. The molecule has 1 unspecified atom stereocenters. The Balaban J connectivity index is 3.09. The number of aliphatic hydroxyl groups is 1. The van der Waals surface area contributed by atoms with E-state index < -0.39 is 16.8 Å². The van der Waals surface area contributed by atoms with Crippen molar-refractivity contribution >= 4 is 11.3 Å². The largest absolute Gasteiger partial charge is 0.443 e. The number of alkyl halides is 3. The SMILES string of the molecule is COCC(O)(c1cnc(C(F)(F)F)s1)C(C)C. The van der Waals surface area contributed by atoms with Gasteiger partial charge in [0.2, 0.25) is 0 Å². The van der Waals surface area contributed by atoms with Crippen LogP contribution in [0, 0.1) is 5.92 Å². The van der Waals surface area contributed by atoms with Gasteiger partial charge < -0.3 is 9.84 Å². The third-order valence-corrected chi connectivity index (χ3v) is 3.70. The van der Waals surface area contributed by atoms with Crippen LogP contribution in [0.2, 0.25) is 0 Å². The Morgan fingerprint density at radius 1 is 1.47 bits per heavy atom. The molecule has 1 rings (SSSR count). The average molecular weight is 269 g/mol. The Kier molecular flexibility index (Phi) is 4.16. The van der Waals surface area contributed by atoms with Crippen molar-refractivity contribution in [3.05, 3.63) is 16.1 Å². The lowest BCUT2D eigenvalue weighted by Gasteiger charge is -2.29. The van der Waals surface area contributed by atoms with Crippen LogP contribution in [0.4, 0.5) is 13.2 Å². The first-order valence-corrected chi connectivity index (χ1v) is 5.78. The van der Waals surface area contributed by atoms with Crippen LogP contribution in [0.15, 0.2) is 6.20 Å². The minimum atomic E-state index is -4.48. The lowest BCUT2D eigenvalue weighted by molar-refractivity contribution is -0.137. The second-order valence-corrected chi connectivity index (χ2v) is 5.07. The summed E-state index contributed by atoms with van der Waals surface area (Å²) in [7, 11) is 1.39.